The van der Waals surface area contributed by atoms with Crippen LogP contribution < -0.4 is 0 Å². The van der Waals surface area contributed by atoms with E-state index in [1.54, 1.807) is 11.3 Å². The first-order valence-corrected chi connectivity index (χ1v) is 8.25. The maximum atomic E-state index is 10.2. The molecule has 1 aliphatic rings. The van der Waals surface area contributed by atoms with Gasteiger partial charge in [0.1, 0.15) is 6.10 Å². The molecule has 0 saturated carbocycles. The van der Waals surface area contributed by atoms with Crippen LogP contribution >= 0.6 is 11.3 Å². The molecular weight excluding hydrogens is 282 g/mol. The Balaban J connectivity index is 1.45. The Labute approximate surface area is 129 Å². The molecule has 4 nitrogen and oxygen atoms in total. The van der Waals surface area contributed by atoms with Gasteiger partial charge in [0.25, 0.3) is 0 Å². The molecule has 112 valence electrons. The van der Waals surface area contributed by atoms with Crippen LogP contribution in [0, 0.1) is 0 Å². The van der Waals surface area contributed by atoms with Crippen LogP contribution in [0.1, 0.15) is 16.7 Å². The van der Waals surface area contributed by atoms with E-state index >= 15 is 0 Å². The van der Waals surface area contributed by atoms with Crippen molar-refractivity contribution in [1.82, 2.24) is 14.8 Å². The third-order valence-electron chi connectivity index (χ3n) is 3.88. The van der Waals surface area contributed by atoms with Crippen molar-refractivity contribution in [2.45, 2.75) is 12.6 Å². The van der Waals surface area contributed by atoms with Crippen LogP contribution in [0.15, 0.2) is 41.9 Å². The summed E-state index contributed by atoms with van der Waals surface area (Å²) in [4.78, 5) is 10.2. The number of thiophene rings is 1. The van der Waals surface area contributed by atoms with Crippen LogP contribution in [0.5, 0.6) is 0 Å². The molecule has 0 aromatic carbocycles. The molecule has 0 radical (unpaired) electrons. The van der Waals surface area contributed by atoms with Gasteiger partial charge >= 0.3 is 0 Å². The first-order chi connectivity index (χ1) is 10.3. The van der Waals surface area contributed by atoms with Gasteiger partial charge in [0, 0.05) is 50.3 Å². The summed E-state index contributed by atoms with van der Waals surface area (Å²) in [5, 5.41) is 12.2. The number of pyridine rings is 1. The highest BCUT2D eigenvalue weighted by Gasteiger charge is 2.20. The predicted molar refractivity (Wildman–Crippen MR) is 85.2 cm³/mol. The molecular formula is C16H21N3OS. The van der Waals surface area contributed by atoms with Gasteiger partial charge in [-0.3, -0.25) is 14.8 Å². The van der Waals surface area contributed by atoms with E-state index in [1.807, 2.05) is 35.8 Å². The molecule has 3 heterocycles. The van der Waals surface area contributed by atoms with Crippen molar-refractivity contribution in [3.63, 3.8) is 0 Å². The molecule has 0 amide bonds. The van der Waals surface area contributed by atoms with Gasteiger partial charge in [-0.15, -0.1) is 11.3 Å². The molecule has 5 heteroatoms. The summed E-state index contributed by atoms with van der Waals surface area (Å²) < 4.78 is 0. The quantitative estimate of drug-likeness (QED) is 0.917. The number of aliphatic hydroxyl groups excluding tert-OH is 1. The van der Waals surface area contributed by atoms with E-state index in [2.05, 4.69) is 20.9 Å². The number of rotatable bonds is 5. The summed E-state index contributed by atoms with van der Waals surface area (Å²) in [6.07, 6.45) is 1.50. The summed E-state index contributed by atoms with van der Waals surface area (Å²) in [7, 11) is 0. The molecule has 2 aromatic rings. The van der Waals surface area contributed by atoms with Crippen molar-refractivity contribution in [2.75, 3.05) is 32.7 Å². The second-order valence-corrected chi connectivity index (χ2v) is 6.41. The second-order valence-electron chi connectivity index (χ2n) is 5.43. The fraction of sp³-hybridized carbons (Fsp3) is 0.438. The highest BCUT2D eigenvalue weighted by Crippen LogP contribution is 2.20. The third-order valence-corrected chi connectivity index (χ3v) is 4.85. The average Bonchev–Trinajstić information content (AvgIpc) is 3.05. The Morgan fingerprint density at radius 1 is 1.10 bits per heavy atom. The fourth-order valence-corrected chi connectivity index (χ4v) is 3.37. The zero-order valence-electron chi connectivity index (χ0n) is 12.1. The van der Waals surface area contributed by atoms with Gasteiger partial charge in [-0.1, -0.05) is 12.1 Å². The van der Waals surface area contributed by atoms with Gasteiger partial charge in [0.2, 0.25) is 0 Å². The number of hydrogen-bond donors (Lipinski definition) is 1. The van der Waals surface area contributed by atoms with Crippen LogP contribution in [-0.4, -0.2) is 52.6 Å². The Hall–Kier alpha value is -1.27. The molecule has 1 unspecified atom stereocenters. The summed E-state index contributed by atoms with van der Waals surface area (Å²) in [6, 6.07) is 10.1. The van der Waals surface area contributed by atoms with Crippen molar-refractivity contribution in [2.24, 2.45) is 0 Å². The standard InChI is InChI=1S/C16H21N3OS/c20-15(16-5-3-11-21-16)13-19-9-7-18(8-10-19)12-14-4-1-2-6-17-14/h1-6,11,15,20H,7-10,12-13H2. The summed E-state index contributed by atoms with van der Waals surface area (Å²) >= 11 is 1.63. The Bertz CT molecular complexity index is 524. The van der Waals surface area contributed by atoms with Crippen LogP contribution in [-0.2, 0) is 6.54 Å². The minimum Gasteiger partial charge on any atom is -0.386 e. The molecule has 1 atom stereocenters. The predicted octanol–water partition coefficient (Wildman–Crippen LogP) is 1.99. The average molecular weight is 303 g/mol. The van der Waals surface area contributed by atoms with Gasteiger partial charge in [0.15, 0.2) is 0 Å². The van der Waals surface area contributed by atoms with E-state index in [-0.39, 0.29) is 6.10 Å². The summed E-state index contributed by atoms with van der Waals surface area (Å²) in [5.74, 6) is 0. The van der Waals surface area contributed by atoms with Gasteiger partial charge in [-0.2, -0.15) is 0 Å². The van der Waals surface area contributed by atoms with Crippen LogP contribution in [0.25, 0.3) is 0 Å². The summed E-state index contributed by atoms with van der Waals surface area (Å²) in [5.41, 5.74) is 1.13. The largest absolute Gasteiger partial charge is 0.386 e. The zero-order valence-corrected chi connectivity index (χ0v) is 12.9. The number of piperazine rings is 1. The Morgan fingerprint density at radius 3 is 2.57 bits per heavy atom. The molecule has 1 aliphatic heterocycles. The molecule has 0 aliphatic carbocycles. The number of aromatic nitrogens is 1. The van der Waals surface area contributed by atoms with Crippen molar-refractivity contribution in [3.05, 3.63) is 52.5 Å². The molecule has 21 heavy (non-hydrogen) atoms. The second kappa shape index (κ2) is 7.13. The third kappa shape index (κ3) is 4.11. The van der Waals surface area contributed by atoms with Crippen molar-refractivity contribution in [3.8, 4) is 0 Å². The molecule has 0 bridgehead atoms. The van der Waals surface area contributed by atoms with E-state index < -0.39 is 0 Å². The highest BCUT2D eigenvalue weighted by molar-refractivity contribution is 7.10. The van der Waals surface area contributed by atoms with E-state index in [4.69, 9.17) is 0 Å². The maximum absolute atomic E-state index is 10.2. The van der Waals surface area contributed by atoms with Crippen molar-refractivity contribution < 1.29 is 5.11 Å². The number of nitrogens with zero attached hydrogens (tertiary/aromatic N) is 3. The zero-order chi connectivity index (χ0) is 14.5. The molecule has 1 saturated heterocycles. The normalized spacial score (nSPS) is 18.7. The lowest BCUT2D eigenvalue weighted by atomic mass is 10.2. The van der Waals surface area contributed by atoms with Crippen molar-refractivity contribution >= 4 is 11.3 Å². The molecule has 3 rings (SSSR count). The van der Waals surface area contributed by atoms with Crippen LogP contribution in [0.2, 0.25) is 0 Å². The number of β-amino-alcohol motifs (C(OH)–C–C–N with tert-alkyl or cyclic N) is 1. The lowest BCUT2D eigenvalue weighted by molar-refractivity contribution is 0.0712. The Kier molecular flexibility index (Phi) is 4.98. The molecule has 1 fully saturated rings. The van der Waals surface area contributed by atoms with E-state index in [9.17, 15) is 5.11 Å². The minimum absolute atomic E-state index is 0.354. The lowest BCUT2D eigenvalue weighted by Gasteiger charge is -2.35. The van der Waals surface area contributed by atoms with E-state index in [0.29, 0.717) is 0 Å². The topological polar surface area (TPSA) is 39.6 Å². The van der Waals surface area contributed by atoms with Gasteiger partial charge in [-0.05, 0) is 23.6 Å². The van der Waals surface area contributed by atoms with Crippen molar-refractivity contribution in [1.29, 1.82) is 0 Å². The van der Waals surface area contributed by atoms with Crippen LogP contribution in [0.3, 0.4) is 0 Å². The maximum Gasteiger partial charge on any atom is 0.101 e. The molecule has 1 N–H and O–H groups in total. The number of aliphatic hydroxyl groups is 1. The SMILES string of the molecule is OC(CN1CCN(Cc2ccccn2)CC1)c1cccs1. The first-order valence-electron chi connectivity index (χ1n) is 7.37. The minimum atomic E-state index is -0.354. The van der Waals surface area contributed by atoms with Gasteiger partial charge in [0.05, 0.1) is 5.69 Å². The highest BCUT2D eigenvalue weighted by atomic mass is 32.1. The van der Waals surface area contributed by atoms with Gasteiger partial charge < -0.3 is 5.11 Å². The molecule has 0 spiro atoms. The van der Waals surface area contributed by atoms with E-state index in [1.165, 1.54) is 0 Å². The van der Waals surface area contributed by atoms with Gasteiger partial charge in [-0.25, -0.2) is 0 Å². The fourth-order valence-electron chi connectivity index (χ4n) is 2.67. The molecule has 2 aromatic heterocycles. The lowest BCUT2D eigenvalue weighted by Crippen LogP contribution is -2.47. The van der Waals surface area contributed by atoms with Crippen LogP contribution in [0.4, 0.5) is 0 Å². The monoisotopic (exact) mass is 303 g/mol. The van der Waals surface area contributed by atoms with E-state index in [0.717, 1.165) is 49.8 Å². The Morgan fingerprint density at radius 2 is 1.90 bits per heavy atom. The number of hydrogen-bond acceptors (Lipinski definition) is 5. The summed E-state index contributed by atoms with van der Waals surface area (Å²) in [6.45, 7) is 5.74. The first kappa shape index (κ1) is 14.7. The smallest absolute Gasteiger partial charge is 0.101 e.